The number of thiol groups is 1. The Kier molecular flexibility index (Phi) is 5.48. The summed E-state index contributed by atoms with van der Waals surface area (Å²) in [6.07, 6.45) is 1.51. The second-order valence-corrected chi connectivity index (χ2v) is 7.91. The van der Waals surface area contributed by atoms with Crippen LogP contribution < -0.4 is 15.8 Å². The van der Waals surface area contributed by atoms with E-state index in [2.05, 4.69) is 24.0 Å². The number of ether oxygens (including phenoxy) is 1. The maximum atomic E-state index is 14.4. The number of hydrogen-bond donors (Lipinski definition) is 3. The summed E-state index contributed by atoms with van der Waals surface area (Å²) >= 11 is 4.23. The lowest BCUT2D eigenvalue weighted by atomic mass is 9.96. The molecule has 0 unspecified atom stereocenters. The van der Waals surface area contributed by atoms with Crippen molar-refractivity contribution in [3.8, 4) is 23.6 Å². The summed E-state index contributed by atoms with van der Waals surface area (Å²) in [7, 11) is 0. The van der Waals surface area contributed by atoms with Crippen molar-refractivity contribution < 1.29 is 13.9 Å². The molecule has 3 aromatic carbocycles. The lowest BCUT2D eigenvalue weighted by Gasteiger charge is -2.13. The molecule has 3 N–H and O–H groups in total. The summed E-state index contributed by atoms with van der Waals surface area (Å²) in [6.45, 7) is 0. The summed E-state index contributed by atoms with van der Waals surface area (Å²) in [5.74, 6) is -0.745. The van der Waals surface area contributed by atoms with Crippen molar-refractivity contribution in [1.29, 1.82) is 10.5 Å². The van der Waals surface area contributed by atoms with Gasteiger partial charge in [-0.05, 0) is 54.8 Å². The predicted octanol–water partition coefficient (Wildman–Crippen LogP) is 5.17. The van der Waals surface area contributed by atoms with Crippen LogP contribution in [0.4, 0.5) is 15.8 Å². The van der Waals surface area contributed by atoms with E-state index in [1.165, 1.54) is 18.2 Å². The molecule has 3 aromatic rings. The number of nitrogens with zero attached hydrogens (tertiary/aromatic N) is 2. The Morgan fingerprint density at radius 1 is 1.16 bits per heavy atom. The van der Waals surface area contributed by atoms with Crippen LogP contribution in [0.5, 0.6) is 11.5 Å². The molecule has 158 valence electrons. The number of carbonyl (C=O) groups is 1. The lowest BCUT2D eigenvalue weighted by molar-refractivity contribution is 0.102. The number of amides is 1. The molecule has 0 saturated heterocycles. The molecule has 6 nitrogen and oxygen atoms in total. The van der Waals surface area contributed by atoms with Crippen LogP contribution >= 0.6 is 12.6 Å². The van der Waals surface area contributed by atoms with Gasteiger partial charge in [0.2, 0.25) is 0 Å². The number of nitrogens with two attached hydrogens (primary N) is 1. The van der Waals surface area contributed by atoms with E-state index in [-0.39, 0.29) is 27.6 Å². The van der Waals surface area contributed by atoms with E-state index >= 15 is 0 Å². The Bertz CT molecular complexity index is 1320. The molecule has 1 amide bonds. The highest BCUT2D eigenvalue weighted by Crippen LogP contribution is 2.47. The topological polar surface area (TPSA) is 112 Å². The molecule has 0 heterocycles. The highest BCUT2D eigenvalue weighted by atomic mass is 32.1. The van der Waals surface area contributed by atoms with E-state index in [0.717, 1.165) is 24.5 Å². The number of nitrogen functional groups attached to an aromatic ring is 1. The second-order valence-electron chi connectivity index (χ2n) is 7.46. The van der Waals surface area contributed by atoms with Crippen LogP contribution in [0.1, 0.15) is 34.3 Å². The number of hydrogen-bond acceptors (Lipinski definition) is 6. The van der Waals surface area contributed by atoms with Crippen LogP contribution in [0.15, 0.2) is 59.5 Å². The number of carbonyl (C=O) groups excluding carboxylic acids is 1. The van der Waals surface area contributed by atoms with Gasteiger partial charge in [-0.3, -0.25) is 4.79 Å². The van der Waals surface area contributed by atoms with E-state index in [1.807, 2.05) is 12.1 Å². The second kappa shape index (κ2) is 8.26. The number of anilines is 2. The van der Waals surface area contributed by atoms with Crippen molar-refractivity contribution in [2.75, 3.05) is 11.1 Å². The minimum Gasteiger partial charge on any atom is -0.456 e. The first kappa shape index (κ1) is 21.2. The Morgan fingerprint density at radius 2 is 1.94 bits per heavy atom. The minimum absolute atomic E-state index is 0.0839. The van der Waals surface area contributed by atoms with E-state index < -0.39 is 17.1 Å². The first-order valence-electron chi connectivity index (χ1n) is 9.69. The van der Waals surface area contributed by atoms with E-state index in [0.29, 0.717) is 11.3 Å². The van der Waals surface area contributed by atoms with Crippen LogP contribution in [-0.2, 0) is 5.41 Å². The molecule has 0 atom stereocenters. The van der Waals surface area contributed by atoms with Gasteiger partial charge in [0, 0.05) is 22.2 Å². The molecule has 32 heavy (non-hydrogen) atoms. The Morgan fingerprint density at radius 3 is 2.62 bits per heavy atom. The fourth-order valence-electron chi connectivity index (χ4n) is 3.32. The number of benzene rings is 3. The van der Waals surface area contributed by atoms with Gasteiger partial charge in [0.15, 0.2) is 0 Å². The Balaban J connectivity index is 1.58. The highest BCUT2D eigenvalue weighted by Gasteiger charge is 2.45. The largest absolute Gasteiger partial charge is 0.456 e. The molecule has 4 rings (SSSR count). The van der Waals surface area contributed by atoms with Gasteiger partial charge in [-0.15, -0.1) is 12.6 Å². The fraction of sp³-hybridized carbons (Fsp3) is 0.125. The standard InChI is InChI=1S/C24H17FN4O2S/c25-18-5-4-16(31-21-7-6-19(28)22(32)17(21)12-26)11-20(18)29-23(30)14-2-1-3-15(10-14)24(13-27)8-9-24/h1-7,10-11,32H,8-9,28H2,(H,29,30). The van der Waals surface area contributed by atoms with Crippen molar-refractivity contribution in [3.63, 3.8) is 0 Å². The van der Waals surface area contributed by atoms with Crippen LogP contribution in [-0.4, -0.2) is 5.91 Å². The van der Waals surface area contributed by atoms with Gasteiger partial charge in [-0.2, -0.15) is 10.5 Å². The van der Waals surface area contributed by atoms with Gasteiger partial charge < -0.3 is 15.8 Å². The summed E-state index contributed by atoms with van der Waals surface area (Å²) < 4.78 is 20.1. The molecule has 1 fully saturated rings. The number of nitrogens with one attached hydrogen (secondary N) is 1. The monoisotopic (exact) mass is 444 g/mol. The van der Waals surface area contributed by atoms with E-state index in [1.54, 1.807) is 24.3 Å². The van der Waals surface area contributed by atoms with Gasteiger partial charge in [0.05, 0.1) is 17.2 Å². The average molecular weight is 444 g/mol. The molecule has 0 aromatic heterocycles. The van der Waals surface area contributed by atoms with Crippen molar-refractivity contribution in [2.24, 2.45) is 0 Å². The summed E-state index contributed by atoms with van der Waals surface area (Å²) in [5.41, 5.74) is 6.72. The summed E-state index contributed by atoms with van der Waals surface area (Å²) in [4.78, 5) is 13.0. The molecule has 1 saturated carbocycles. The van der Waals surface area contributed by atoms with Crippen LogP contribution in [0.3, 0.4) is 0 Å². The van der Waals surface area contributed by atoms with E-state index in [9.17, 15) is 19.7 Å². The summed E-state index contributed by atoms with van der Waals surface area (Å²) in [5, 5.41) is 21.3. The van der Waals surface area contributed by atoms with Gasteiger partial charge in [0.1, 0.15) is 28.9 Å². The molecule has 0 aliphatic heterocycles. The quantitative estimate of drug-likeness (QED) is 0.371. The number of nitriles is 2. The maximum Gasteiger partial charge on any atom is 0.255 e. The summed E-state index contributed by atoms with van der Waals surface area (Å²) in [6, 6.07) is 18.0. The number of rotatable bonds is 5. The van der Waals surface area contributed by atoms with Crippen LogP contribution in [0.25, 0.3) is 0 Å². The minimum atomic E-state index is -0.648. The third-order valence-corrected chi connectivity index (χ3v) is 5.82. The zero-order valence-corrected chi connectivity index (χ0v) is 17.6. The average Bonchev–Trinajstić information content (AvgIpc) is 3.60. The first-order valence-corrected chi connectivity index (χ1v) is 10.1. The van der Waals surface area contributed by atoms with Crippen molar-refractivity contribution in [3.05, 3.63) is 77.1 Å². The SMILES string of the molecule is N#Cc1c(Oc2ccc(F)c(NC(=O)c3cccc(C4(C#N)CC4)c3)c2)ccc(N)c1S. The molecule has 0 bridgehead atoms. The maximum absolute atomic E-state index is 14.4. The third kappa shape index (κ3) is 3.96. The molecule has 1 aliphatic rings. The van der Waals surface area contributed by atoms with Gasteiger partial charge in [0.25, 0.3) is 5.91 Å². The molecule has 0 spiro atoms. The Hall–Kier alpha value is -4.01. The highest BCUT2D eigenvalue weighted by molar-refractivity contribution is 7.80. The zero-order valence-electron chi connectivity index (χ0n) is 16.7. The zero-order chi connectivity index (χ0) is 22.9. The molecular formula is C24H17FN4O2S. The molecule has 8 heteroatoms. The molecule has 0 radical (unpaired) electrons. The van der Waals surface area contributed by atoms with Gasteiger partial charge >= 0.3 is 0 Å². The van der Waals surface area contributed by atoms with Gasteiger partial charge in [-0.25, -0.2) is 4.39 Å². The predicted molar refractivity (Wildman–Crippen MR) is 120 cm³/mol. The molecular weight excluding hydrogens is 427 g/mol. The van der Waals surface area contributed by atoms with Gasteiger partial charge in [-0.1, -0.05) is 12.1 Å². The first-order chi connectivity index (χ1) is 15.4. The van der Waals surface area contributed by atoms with Crippen molar-refractivity contribution in [1.82, 2.24) is 0 Å². The van der Waals surface area contributed by atoms with E-state index in [4.69, 9.17) is 10.5 Å². The normalized spacial score (nSPS) is 13.5. The van der Waals surface area contributed by atoms with Crippen molar-refractivity contribution in [2.45, 2.75) is 23.2 Å². The van der Waals surface area contributed by atoms with Crippen LogP contribution in [0, 0.1) is 28.5 Å². The third-order valence-electron chi connectivity index (χ3n) is 5.34. The lowest BCUT2D eigenvalue weighted by Crippen LogP contribution is -2.14. The Labute approximate surface area is 189 Å². The smallest absolute Gasteiger partial charge is 0.255 e. The molecule has 1 aliphatic carbocycles. The van der Waals surface area contributed by atoms with Crippen LogP contribution in [0.2, 0.25) is 0 Å². The van der Waals surface area contributed by atoms with Crippen molar-refractivity contribution >= 4 is 29.9 Å². The fourth-order valence-corrected chi connectivity index (χ4v) is 3.55. The number of halogens is 1.